The number of aromatic nitrogens is 2. The largest absolute Gasteiger partial charge is 0.382 e. The Hall–Kier alpha value is -2.09. The minimum atomic E-state index is -0.0972. The van der Waals surface area contributed by atoms with Crippen molar-refractivity contribution in [1.82, 2.24) is 24.9 Å². The van der Waals surface area contributed by atoms with E-state index >= 15 is 0 Å². The molecular weight excluding hydrogens is 272 g/mol. The maximum atomic E-state index is 12.3. The highest BCUT2D eigenvalue weighted by molar-refractivity contribution is 5.93. The molecule has 1 aromatic heterocycles. The predicted molar refractivity (Wildman–Crippen MR) is 78.7 cm³/mol. The number of amides is 2. The van der Waals surface area contributed by atoms with E-state index in [9.17, 15) is 9.59 Å². The quantitative estimate of drug-likeness (QED) is 0.762. The molecule has 116 valence electrons. The maximum Gasteiger partial charge on any atom is 0.271 e. The number of carbonyl (C=O) groups is 2. The molecule has 0 aliphatic carbocycles. The Morgan fingerprint density at radius 3 is 2.71 bits per heavy atom. The molecule has 0 bridgehead atoms. The third-order valence-corrected chi connectivity index (χ3v) is 3.56. The summed E-state index contributed by atoms with van der Waals surface area (Å²) in [6, 6.07) is 1.54. The van der Waals surface area contributed by atoms with E-state index in [2.05, 4.69) is 15.1 Å². The van der Waals surface area contributed by atoms with Crippen molar-refractivity contribution in [3.05, 3.63) is 11.8 Å². The summed E-state index contributed by atoms with van der Waals surface area (Å²) >= 11 is 0. The van der Waals surface area contributed by atoms with Gasteiger partial charge in [-0.3, -0.25) is 19.6 Å². The zero-order valence-electron chi connectivity index (χ0n) is 12.5. The molecule has 1 aromatic rings. The van der Waals surface area contributed by atoms with Crippen LogP contribution in [0.4, 0.5) is 5.82 Å². The van der Waals surface area contributed by atoms with Crippen LogP contribution in [0.2, 0.25) is 0 Å². The van der Waals surface area contributed by atoms with E-state index in [1.807, 2.05) is 0 Å². The number of likely N-dealkylation sites (N-methyl/N-ethyl adjacent to an activating group) is 1. The molecule has 1 aliphatic heterocycles. The average molecular weight is 294 g/mol. The molecule has 0 aromatic carbocycles. The van der Waals surface area contributed by atoms with Crippen LogP contribution in [0, 0.1) is 0 Å². The van der Waals surface area contributed by atoms with Gasteiger partial charge >= 0.3 is 0 Å². The molecule has 0 saturated carbocycles. The van der Waals surface area contributed by atoms with Gasteiger partial charge in [-0.1, -0.05) is 0 Å². The number of nitrogen functional groups attached to an aromatic ring is 1. The van der Waals surface area contributed by atoms with Crippen LogP contribution in [0.15, 0.2) is 6.07 Å². The summed E-state index contributed by atoms with van der Waals surface area (Å²) in [6.45, 7) is 3.17. The van der Waals surface area contributed by atoms with E-state index in [4.69, 9.17) is 5.73 Å². The van der Waals surface area contributed by atoms with Crippen molar-refractivity contribution in [1.29, 1.82) is 0 Å². The van der Waals surface area contributed by atoms with Gasteiger partial charge in [0.25, 0.3) is 5.91 Å². The number of carbonyl (C=O) groups excluding carboxylic acids is 2. The zero-order chi connectivity index (χ0) is 15.4. The predicted octanol–water partition coefficient (Wildman–Crippen LogP) is -0.772. The smallest absolute Gasteiger partial charge is 0.271 e. The normalized spacial score (nSPS) is 16.6. The van der Waals surface area contributed by atoms with Gasteiger partial charge in [0.1, 0.15) is 11.5 Å². The number of hydrogen-bond acceptors (Lipinski definition) is 5. The van der Waals surface area contributed by atoms with Crippen LogP contribution in [-0.4, -0.2) is 83.5 Å². The van der Waals surface area contributed by atoms with Crippen LogP contribution >= 0.6 is 0 Å². The van der Waals surface area contributed by atoms with E-state index in [0.717, 1.165) is 13.0 Å². The summed E-state index contributed by atoms with van der Waals surface area (Å²) in [5.74, 6) is 0.294. The lowest BCUT2D eigenvalue weighted by atomic mass is 10.3. The first-order valence-electron chi connectivity index (χ1n) is 7.00. The SMILES string of the molecule is CN(C)C(=O)CN1CCCN(C(=O)c2cc(N)n[nH]2)CC1. The second-order valence-corrected chi connectivity index (χ2v) is 5.42. The third kappa shape index (κ3) is 3.94. The van der Waals surface area contributed by atoms with Crippen LogP contribution in [0.5, 0.6) is 0 Å². The van der Waals surface area contributed by atoms with E-state index in [1.54, 1.807) is 30.0 Å². The zero-order valence-corrected chi connectivity index (χ0v) is 12.5. The van der Waals surface area contributed by atoms with Crippen LogP contribution < -0.4 is 5.73 Å². The van der Waals surface area contributed by atoms with Gasteiger partial charge in [0.05, 0.1) is 6.54 Å². The van der Waals surface area contributed by atoms with Crippen molar-refractivity contribution in [2.45, 2.75) is 6.42 Å². The molecule has 3 N–H and O–H groups in total. The molecule has 21 heavy (non-hydrogen) atoms. The number of nitrogens with one attached hydrogen (secondary N) is 1. The van der Waals surface area contributed by atoms with Gasteiger partial charge in [0, 0.05) is 46.3 Å². The van der Waals surface area contributed by atoms with Crippen LogP contribution in [0.3, 0.4) is 0 Å². The number of anilines is 1. The molecule has 1 fully saturated rings. The summed E-state index contributed by atoms with van der Waals surface area (Å²) < 4.78 is 0. The van der Waals surface area contributed by atoms with Gasteiger partial charge in [-0.05, 0) is 6.42 Å². The molecule has 8 heteroatoms. The van der Waals surface area contributed by atoms with E-state index in [0.29, 0.717) is 37.7 Å². The molecule has 0 atom stereocenters. The molecule has 2 rings (SSSR count). The number of nitrogens with zero attached hydrogens (tertiary/aromatic N) is 4. The van der Waals surface area contributed by atoms with E-state index in [-0.39, 0.29) is 11.8 Å². The van der Waals surface area contributed by atoms with Gasteiger partial charge < -0.3 is 15.5 Å². The molecule has 0 unspecified atom stereocenters. The Morgan fingerprint density at radius 1 is 1.33 bits per heavy atom. The molecular formula is C13H22N6O2. The Balaban J connectivity index is 1.91. The minimum Gasteiger partial charge on any atom is -0.382 e. The molecule has 1 aliphatic rings. The number of rotatable bonds is 3. The molecule has 1 saturated heterocycles. The summed E-state index contributed by atoms with van der Waals surface area (Å²) in [5, 5.41) is 6.42. The summed E-state index contributed by atoms with van der Waals surface area (Å²) in [6.07, 6.45) is 0.843. The average Bonchev–Trinajstić information content (AvgIpc) is 2.74. The van der Waals surface area contributed by atoms with Crippen molar-refractivity contribution >= 4 is 17.6 Å². The standard InChI is InChI=1S/C13H22N6O2/c1-17(2)12(20)9-18-4-3-5-19(7-6-18)13(21)10-8-11(14)16-15-10/h8H,3-7,9H2,1-2H3,(H3,14,15,16). The van der Waals surface area contributed by atoms with Crippen molar-refractivity contribution in [2.75, 3.05) is 52.6 Å². The second kappa shape index (κ2) is 6.57. The highest BCUT2D eigenvalue weighted by Gasteiger charge is 2.22. The van der Waals surface area contributed by atoms with Gasteiger partial charge in [0.2, 0.25) is 5.91 Å². The number of aromatic amines is 1. The monoisotopic (exact) mass is 294 g/mol. The fourth-order valence-electron chi connectivity index (χ4n) is 2.28. The minimum absolute atomic E-state index is 0.0797. The number of H-pyrrole nitrogens is 1. The first-order chi connectivity index (χ1) is 9.97. The Bertz CT molecular complexity index is 513. The summed E-state index contributed by atoms with van der Waals surface area (Å²) in [5.41, 5.74) is 5.93. The highest BCUT2D eigenvalue weighted by atomic mass is 16.2. The van der Waals surface area contributed by atoms with Gasteiger partial charge in [0.15, 0.2) is 0 Å². The van der Waals surface area contributed by atoms with Crippen LogP contribution in [0.1, 0.15) is 16.9 Å². The topological polar surface area (TPSA) is 98.6 Å². The number of hydrogen-bond donors (Lipinski definition) is 2. The third-order valence-electron chi connectivity index (χ3n) is 3.56. The van der Waals surface area contributed by atoms with Gasteiger partial charge in [-0.15, -0.1) is 0 Å². The van der Waals surface area contributed by atoms with Crippen LogP contribution in [-0.2, 0) is 4.79 Å². The van der Waals surface area contributed by atoms with Gasteiger partial charge in [-0.2, -0.15) is 5.10 Å². The molecule has 2 amide bonds. The van der Waals surface area contributed by atoms with Crippen molar-refractivity contribution in [3.63, 3.8) is 0 Å². The first kappa shape index (κ1) is 15.3. The Labute approximate surface area is 123 Å². The van der Waals surface area contributed by atoms with E-state index in [1.165, 1.54) is 0 Å². The first-order valence-corrected chi connectivity index (χ1v) is 7.00. The van der Waals surface area contributed by atoms with Crippen molar-refractivity contribution < 1.29 is 9.59 Å². The molecule has 0 spiro atoms. The van der Waals surface area contributed by atoms with Crippen molar-refractivity contribution in [2.24, 2.45) is 0 Å². The Morgan fingerprint density at radius 2 is 2.10 bits per heavy atom. The highest BCUT2D eigenvalue weighted by Crippen LogP contribution is 2.09. The van der Waals surface area contributed by atoms with E-state index < -0.39 is 0 Å². The molecule has 0 radical (unpaired) electrons. The van der Waals surface area contributed by atoms with Crippen LogP contribution in [0.25, 0.3) is 0 Å². The molecule has 2 heterocycles. The fraction of sp³-hybridized carbons (Fsp3) is 0.615. The second-order valence-electron chi connectivity index (χ2n) is 5.42. The Kier molecular flexibility index (Phi) is 4.79. The summed E-state index contributed by atoms with van der Waals surface area (Å²) in [4.78, 5) is 29.5. The molecule has 8 nitrogen and oxygen atoms in total. The lowest BCUT2D eigenvalue weighted by Gasteiger charge is -2.22. The number of nitrogens with two attached hydrogens (primary N) is 1. The fourth-order valence-corrected chi connectivity index (χ4v) is 2.28. The summed E-state index contributed by atoms with van der Waals surface area (Å²) in [7, 11) is 3.50. The lowest BCUT2D eigenvalue weighted by Crippen LogP contribution is -2.39. The van der Waals surface area contributed by atoms with Crippen molar-refractivity contribution in [3.8, 4) is 0 Å². The van der Waals surface area contributed by atoms with Gasteiger partial charge in [-0.25, -0.2) is 0 Å². The lowest BCUT2D eigenvalue weighted by molar-refractivity contribution is -0.129. The maximum absolute atomic E-state index is 12.3.